The number of aryl methyl sites for hydroxylation is 1. The van der Waals surface area contributed by atoms with E-state index in [0.29, 0.717) is 36.4 Å². The summed E-state index contributed by atoms with van der Waals surface area (Å²) in [5, 5.41) is 9.63. The summed E-state index contributed by atoms with van der Waals surface area (Å²) in [5.74, 6) is 1.45. The third-order valence-electron chi connectivity index (χ3n) is 4.41. The third-order valence-corrected chi connectivity index (χ3v) is 4.41. The summed E-state index contributed by atoms with van der Waals surface area (Å²) in [6, 6.07) is 17.2. The Balaban J connectivity index is 1.73. The molecule has 3 aromatic rings. The van der Waals surface area contributed by atoms with Crippen LogP contribution < -0.4 is 10.3 Å². The molecule has 0 bridgehead atoms. The zero-order valence-electron chi connectivity index (χ0n) is 15.6. The zero-order valence-corrected chi connectivity index (χ0v) is 15.6. The molecule has 0 amide bonds. The molecular weight excluding hydrogens is 340 g/mol. The van der Waals surface area contributed by atoms with Crippen molar-refractivity contribution < 1.29 is 4.74 Å². The van der Waals surface area contributed by atoms with Crippen molar-refractivity contribution in [3.63, 3.8) is 0 Å². The fourth-order valence-electron chi connectivity index (χ4n) is 2.92. The lowest BCUT2D eigenvalue weighted by atomic mass is 10.2. The molecule has 1 heterocycles. The molecule has 0 N–H and O–H groups in total. The smallest absolute Gasteiger partial charge is 0.262 e. The van der Waals surface area contributed by atoms with E-state index in [-0.39, 0.29) is 12.1 Å². The van der Waals surface area contributed by atoms with E-state index in [1.807, 2.05) is 55.3 Å². The van der Waals surface area contributed by atoms with Crippen LogP contribution in [0.15, 0.2) is 53.3 Å². The molecule has 0 saturated heterocycles. The average molecular weight is 362 g/mol. The van der Waals surface area contributed by atoms with Gasteiger partial charge in [0.25, 0.3) is 5.56 Å². The maximum absolute atomic E-state index is 12.7. The second-order valence-electron chi connectivity index (χ2n) is 6.45. The van der Waals surface area contributed by atoms with Crippen molar-refractivity contribution >= 4 is 10.9 Å². The number of fused-ring (bicyclic) bond motifs is 1. The lowest BCUT2D eigenvalue weighted by Gasteiger charge is -2.19. The van der Waals surface area contributed by atoms with Gasteiger partial charge in [-0.1, -0.05) is 30.3 Å². The Morgan fingerprint density at radius 2 is 1.93 bits per heavy atom. The summed E-state index contributed by atoms with van der Waals surface area (Å²) in [7, 11) is 1.94. The first-order valence-corrected chi connectivity index (χ1v) is 8.82. The molecule has 0 radical (unpaired) electrons. The first-order chi connectivity index (χ1) is 13.1. The molecule has 0 aliphatic heterocycles. The third kappa shape index (κ3) is 4.33. The van der Waals surface area contributed by atoms with Gasteiger partial charge in [0.15, 0.2) is 0 Å². The standard InChI is InChI=1S/C21H22N4O2/c1-16-7-3-6-10-19(16)27-14-13-24(2)15-20-23-18-9-5-4-8-17(18)21(26)25(20)12-11-22/h3-10H,12-15H2,1-2H3. The van der Waals surface area contributed by atoms with Crippen molar-refractivity contribution in [3.8, 4) is 11.8 Å². The number of para-hydroxylation sites is 2. The van der Waals surface area contributed by atoms with Gasteiger partial charge in [-0.25, -0.2) is 4.98 Å². The van der Waals surface area contributed by atoms with Gasteiger partial charge in [-0.2, -0.15) is 5.26 Å². The molecule has 0 aliphatic carbocycles. The number of benzene rings is 2. The van der Waals surface area contributed by atoms with E-state index in [1.54, 1.807) is 12.1 Å². The molecule has 0 aliphatic rings. The van der Waals surface area contributed by atoms with Crippen LogP contribution in [-0.2, 0) is 13.1 Å². The van der Waals surface area contributed by atoms with E-state index in [9.17, 15) is 4.79 Å². The SMILES string of the molecule is Cc1ccccc1OCCN(C)Cc1nc2ccccc2c(=O)n1CC#N. The van der Waals surface area contributed by atoms with E-state index >= 15 is 0 Å². The lowest BCUT2D eigenvalue weighted by Crippen LogP contribution is -2.31. The number of hydrogen-bond donors (Lipinski definition) is 0. The molecule has 0 atom stereocenters. The topological polar surface area (TPSA) is 71.2 Å². The van der Waals surface area contributed by atoms with Gasteiger partial charge in [-0.05, 0) is 37.7 Å². The van der Waals surface area contributed by atoms with Gasteiger partial charge in [-0.3, -0.25) is 14.3 Å². The van der Waals surface area contributed by atoms with Gasteiger partial charge in [-0.15, -0.1) is 0 Å². The highest BCUT2D eigenvalue weighted by Gasteiger charge is 2.12. The van der Waals surface area contributed by atoms with Gasteiger partial charge in [0, 0.05) is 6.54 Å². The number of nitriles is 1. The maximum atomic E-state index is 12.7. The Kier molecular flexibility index (Phi) is 5.84. The Morgan fingerprint density at radius 3 is 2.70 bits per heavy atom. The van der Waals surface area contributed by atoms with Gasteiger partial charge < -0.3 is 4.74 Å². The Labute approximate surface area is 158 Å². The molecule has 0 unspecified atom stereocenters. The Hall–Kier alpha value is -3.17. The molecule has 6 heteroatoms. The fourth-order valence-corrected chi connectivity index (χ4v) is 2.92. The van der Waals surface area contributed by atoms with E-state index in [1.165, 1.54) is 4.57 Å². The highest BCUT2D eigenvalue weighted by atomic mass is 16.5. The molecule has 0 spiro atoms. The molecule has 0 saturated carbocycles. The monoisotopic (exact) mass is 362 g/mol. The number of hydrogen-bond acceptors (Lipinski definition) is 5. The second-order valence-corrected chi connectivity index (χ2v) is 6.45. The highest BCUT2D eigenvalue weighted by molar-refractivity contribution is 5.77. The molecule has 6 nitrogen and oxygen atoms in total. The minimum Gasteiger partial charge on any atom is -0.492 e. The van der Waals surface area contributed by atoms with Crippen molar-refractivity contribution in [2.24, 2.45) is 0 Å². The highest BCUT2D eigenvalue weighted by Crippen LogP contribution is 2.16. The van der Waals surface area contributed by atoms with Gasteiger partial charge in [0.2, 0.25) is 0 Å². The summed E-state index contributed by atoms with van der Waals surface area (Å²) in [5.41, 5.74) is 1.57. The number of nitrogens with zero attached hydrogens (tertiary/aromatic N) is 4. The Bertz CT molecular complexity index is 1040. The lowest BCUT2D eigenvalue weighted by molar-refractivity contribution is 0.227. The largest absolute Gasteiger partial charge is 0.492 e. The predicted octanol–water partition coefficient (Wildman–Crippen LogP) is 2.74. The summed E-state index contributed by atoms with van der Waals surface area (Å²) in [6.45, 7) is 3.65. The van der Waals surface area contributed by atoms with Crippen molar-refractivity contribution in [2.45, 2.75) is 20.0 Å². The fraction of sp³-hybridized carbons (Fsp3) is 0.286. The number of ether oxygens (including phenoxy) is 1. The number of rotatable bonds is 7. The van der Waals surface area contributed by atoms with Gasteiger partial charge in [0.05, 0.1) is 23.5 Å². The number of aromatic nitrogens is 2. The first kappa shape index (κ1) is 18.6. The molecule has 2 aromatic carbocycles. The first-order valence-electron chi connectivity index (χ1n) is 8.82. The molecule has 1 aromatic heterocycles. The van der Waals surface area contributed by atoms with Crippen molar-refractivity contribution in [1.82, 2.24) is 14.5 Å². The second kappa shape index (κ2) is 8.47. The molecule has 3 rings (SSSR count). The van der Waals surface area contributed by atoms with E-state index < -0.39 is 0 Å². The Morgan fingerprint density at radius 1 is 1.19 bits per heavy atom. The van der Waals surface area contributed by atoms with Crippen LogP contribution in [-0.4, -0.2) is 34.7 Å². The minimum absolute atomic E-state index is 0.0143. The van der Waals surface area contributed by atoms with E-state index in [2.05, 4.69) is 11.1 Å². The van der Waals surface area contributed by atoms with Gasteiger partial charge in [0.1, 0.15) is 24.7 Å². The zero-order chi connectivity index (χ0) is 19.2. The van der Waals surface area contributed by atoms with Crippen LogP contribution in [0, 0.1) is 18.3 Å². The van der Waals surface area contributed by atoms with Crippen molar-refractivity contribution in [1.29, 1.82) is 5.26 Å². The molecule has 0 fully saturated rings. The van der Waals surface area contributed by atoms with Crippen molar-refractivity contribution in [2.75, 3.05) is 20.2 Å². The molecular formula is C21H22N4O2. The van der Waals surface area contributed by atoms with Crippen LogP contribution in [0.1, 0.15) is 11.4 Å². The summed E-state index contributed by atoms with van der Waals surface area (Å²) in [4.78, 5) is 19.3. The van der Waals surface area contributed by atoms with Crippen LogP contribution >= 0.6 is 0 Å². The van der Waals surface area contributed by atoms with Crippen LogP contribution in [0.5, 0.6) is 5.75 Å². The van der Waals surface area contributed by atoms with Crippen LogP contribution in [0.4, 0.5) is 0 Å². The molecule has 27 heavy (non-hydrogen) atoms. The normalized spacial score (nSPS) is 10.9. The predicted molar refractivity (Wildman–Crippen MR) is 105 cm³/mol. The summed E-state index contributed by atoms with van der Waals surface area (Å²) >= 11 is 0. The minimum atomic E-state index is -0.179. The van der Waals surface area contributed by atoms with E-state index in [4.69, 9.17) is 10.00 Å². The number of likely N-dealkylation sites (N-methyl/N-ethyl adjacent to an activating group) is 1. The summed E-state index contributed by atoms with van der Waals surface area (Å²) in [6.07, 6.45) is 0. The van der Waals surface area contributed by atoms with E-state index in [0.717, 1.165) is 11.3 Å². The van der Waals surface area contributed by atoms with Crippen LogP contribution in [0.3, 0.4) is 0 Å². The summed E-state index contributed by atoms with van der Waals surface area (Å²) < 4.78 is 7.28. The van der Waals surface area contributed by atoms with Gasteiger partial charge >= 0.3 is 0 Å². The molecule has 138 valence electrons. The quantitative estimate of drug-likeness (QED) is 0.646. The average Bonchev–Trinajstić information content (AvgIpc) is 2.66. The maximum Gasteiger partial charge on any atom is 0.262 e. The van der Waals surface area contributed by atoms with Crippen LogP contribution in [0.25, 0.3) is 10.9 Å². The van der Waals surface area contributed by atoms with Crippen LogP contribution in [0.2, 0.25) is 0 Å². The van der Waals surface area contributed by atoms with Crippen molar-refractivity contribution in [3.05, 3.63) is 70.3 Å².